The number of carbonyl (C=O) groups excluding carboxylic acids is 3. The van der Waals surface area contributed by atoms with Crippen molar-refractivity contribution in [3.63, 3.8) is 0 Å². The maximum atomic E-state index is 15.1. The van der Waals surface area contributed by atoms with Crippen molar-refractivity contribution in [1.82, 2.24) is 15.1 Å². The zero-order valence-corrected chi connectivity index (χ0v) is 22.0. The molecular weight excluding hydrogens is 547 g/mol. The first-order chi connectivity index (χ1) is 19.2. The zero-order chi connectivity index (χ0) is 30.2. The molecule has 2 fully saturated rings. The third kappa shape index (κ3) is 5.99. The molecule has 0 bridgehead atoms. The van der Waals surface area contributed by atoms with Crippen LogP contribution < -0.4 is 10.6 Å². The van der Waals surface area contributed by atoms with Crippen LogP contribution in [0.5, 0.6) is 0 Å². The molecule has 2 aliphatic heterocycles. The van der Waals surface area contributed by atoms with Crippen LogP contribution in [0.1, 0.15) is 27.0 Å². The van der Waals surface area contributed by atoms with Crippen molar-refractivity contribution < 1.29 is 54.2 Å². The number of likely N-dealkylation sites (N-methyl/N-ethyl adjacent to an activating group) is 1. The van der Waals surface area contributed by atoms with Crippen molar-refractivity contribution in [2.75, 3.05) is 38.7 Å². The molecule has 8 N–H and O–H groups in total. The number of halogens is 1. The number of hydrogen-bond donors (Lipinski definition) is 8. The zero-order valence-electron chi connectivity index (χ0n) is 22.0. The summed E-state index contributed by atoms with van der Waals surface area (Å²) in [7, 11) is 1.15. The first-order valence-electron chi connectivity index (χ1n) is 12.5. The van der Waals surface area contributed by atoms with Gasteiger partial charge >= 0.3 is 5.79 Å². The number of hydrogen-bond acceptors (Lipinski definition) is 13. The van der Waals surface area contributed by atoms with Gasteiger partial charge < -0.3 is 40.7 Å². The molecule has 0 spiro atoms. The Hall–Kier alpha value is -3.38. The molecule has 2 heterocycles. The lowest BCUT2D eigenvalue weighted by molar-refractivity contribution is -0.356. The van der Waals surface area contributed by atoms with Gasteiger partial charge in [0.05, 0.1) is 18.8 Å². The maximum absolute atomic E-state index is 15.1. The number of anilines is 1. The van der Waals surface area contributed by atoms with Crippen LogP contribution >= 0.6 is 0 Å². The number of amides is 2. The number of benzene rings is 2. The van der Waals surface area contributed by atoms with Crippen LogP contribution in [0.4, 0.5) is 10.1 Å². The van der Waals surface area contributed by atoms with Crippen molar-refractivity contribution in [3.05, 3.63) is 64.5 Å². The summed E-state index contributed by atoms with van der Waals surface area (Å²) in [6.07, 6.45) is 0.407. The summed E-state index contributed by atoms with van der Waals surface area (Å²) >= 11 is 0. The predicted molar refractivity (Wildman–Crippen MR) is 137 cm³/mol. The average molecular weight is 579 g/mol. The first kappa shape index (κ1) is 30.6. The Labute approximate surface area is 233 Å². The van der Waals surface area contributed by atoms with Gasteiger partial charge in [-0.2, -0.15) is 0 Å². The van der Waals surface area contributed by atoms with Crippen LogP contribution in [0.15, 0.2) is 36.4 Å². The second kappa shape index (κ2) is 11.5. The summed E-state index contributed by atoms with van der Waals surface area (Å²) in [6, 6.07) is 5.82. The smallest absolute Gasteiger partial charge is 0.303 e. The molecule has 4 rings (SSSR count). The van der Waals surface area contributed by atoms with E-state index >= 15 is 4.39 Å². The highest BCUT2D eigenvalue weighted by Gasteiger charge is 2.65. The van der Waals surface area contributed by atoms with Crippen LogP contribution in [0.2, 0.25) is 0 Å². The second-order valence-electron chi connectivity index (χ2n) is 10.0. The van der Waals surface area contributed by atoms with E-state index in [2.05, 4.69) is 10.2 Å². The molecule has 1 unspecified atom stereocenters. The summed E-state index contributed by atoms with van der Waals surface area (Å²) in [5.41, 5.74) is -0.0924. The fraction of sp³-hybridized carbons (Fsp3) is 0.423. The van der Waals surface area contributed by atoms with E-state index in [1.807, 2.05) is 0 Å². The van der Waals surface area contributed by atoms with Crippen LogP contribution in [0, 0.1) is 5.82 Å². The Morgan fingerprint density at radius 3 is 2.49 bits per heavy atom. The van der Waals surface area contributed by atoms with Gasteiger partial charge in [-0.1, -0.05) is 18.2 Å². The normalized spacial score (nSPS) is 21.0. The number of morpholine rings is 1. The number of nitrogens with one attached hydrogen (secondary N) is 2. The molecule has 41 heavy (non-hydrogen) atoms. The number of rotatable bonds is 9. The monoisotopic (exact) mass is 578 g/mol. The molecule has 222 valence electrons. The minimum absolute atomic E-state index is 0.0104. The second-order valence-corrected chi connectivity index (χ2v) is 10.0. The molecule has 0 aliphatic carbocycles. The number of piperidine rings is 1. The van der Waals surface area contributed by atoms with E-state index in [1.54, 1.807) is 5.32 Å². The van der Waals surface area contributed by atoms with E-state index in [0.717, 1.165) is 11.9 Å². The fourth-order valence-corrected chi connectivity index (χ4v) is 4.88. The third-order valence-corrected chi connectivity index (χ3v) is 7.11. The topological polar surface area (TPSA) is 212 Å². The quantitative estimate of drug-likeness (QED) is 0.0879. The maximum Gasteiger partial charge on any atom is 0.303 e. The minimum atomic E-state index is -3.76. The molecule has 2 amide bonds. The van der Waals surface area contributed by atoms with E-state index in [4.69, 9.17) is 4.74 Å². The Bertz CT molecular complexity index is 1330. The van der Waals surface area contributed by atoms with E-state index < -0.39 is 53.3 Å². The van der Waals surface area contributed by atoms with Crippen molar-refractivity contribution in [1.29, 1.82) is 0 Å². The molecule has 2 saturated heterocycles. The summed E-state index contributed by atoms with van der Waals surface area (Å²) in [5.74, 6) is -14.4. The SMILES string of the molecule is CN(Cc1c(C=O)cccc1NC(O)(O)c1ccc(CN2CCOCC2)cc1F)C1C(=O)NC(=O)C(O)(O)C1(O)O. The molecular formula is C26H31FN4O10. The Morgan fingerprint density at radius 1 is 1.17 bits per heavy atom. The number of aliphatic hydroxyl groups is 6. The minimum Gasteiger partial charge on any atom is -0.379 e. The Kier molecular flexibility index (Phi) is 8.56. The van der Waals surface area contributed by atoms with Gasteiger partial charge in [0.1, 0.15) is 12.1 Å². The molecule has 0 radical (unpaired) electrons. The lowest BCUT2D eigenvalue weighted by Crippen LogP contribution is -2.78. The molecule has 0 saturated carbocycles. The van der Waals surface area contributed by atoms with E-state index in [9.17, 15) is 45.0 Å². The number of aldehydes is 1. The summed E-state index contributed by atoms with van der Waals surface area (Å²) < 4.78 is 20.4. The number of nitrogens with zero attached hydrogens (tertiary/aromatic N) is 2. The van der Waals surface area contributed by atoms with Gasteiger partial charge in [0.2, 0.25) is 5.91 Å². The lowest BCUT2D eigenvalue weighted by atomic mass is 9.90. The Balaban J connectivity index is 1.60. The molecule has 0 aromatic heterocycles. The first-order valence-corrected chi connectivity index (χ1v) is 12.5. The highest BCUT2D eigenvalue weighted by Crippen LogP contribution is 2.33. The summed E-state index contributed by atoms with van der Waals surface area (Å²) in [5, 5.41) is 66.3. The van der Waals surface area contributed by atoms with E-state index in [1.165, 1.54) is 36.4 Å². The molecule has 1 atom stereocenters. The molecule has 15 heteroatoms. The number of carbonyl (C=O) groups is 3. The van der Waals surface area contributed by atoms with Crippen molar-refractivity contribution in [3.8, 4) is 0 Å². The third-order valence-electron chi connectivity index (χ3n) is 7.11. The standard InChI is InChI=1S/C26H31FN4O10/c1-30(21-22(33)28-23(34)25(37,38)24(21,35)36)13-17-16(14-32)3-2-4-20(17)29-26(39,40)18-6-5-15(11-19(18)27)12-31-7-9-41-10-8-31/h2-6,11,14,21,29,35-40H,7-10,12-13H2,1H3,(H,28,33,34). The highest BCUT2D eigenvalue weighted by molar-refractivity contribution is 6.05. The van der Waals surface area contributed by atoms with Gasteiger partial charge in [-0.3, -0.25) is 29.5 Å². The van der Waals surface area contributed by atoms with Gasteiger partial charge in [0.25, 0.3) is 17.6 Å². The molecule has 14 nitrogen and oxygen atoms in total. The molecule has 2 aromatic rings. The average Bonchev–Trinajstić information content (AvgIpc) is 2.89. The Morgan fingerprint density at radius 2 is 1.85 bits per heavy atom. The fourth-order valence-electron chi connectivity index (χ4n) is 4.88. The van der Waals surface area contributed by atoms with Crippen LogP contribution in [0.3, 0.4) is 0 Å². The van der Waals surface area contributed by atoms with Gasteiger partial charge in [0, 0.05) is 37.4 Å². The lowest BCUT2D eigenvalue weighted by Gasteiger charge is -2.45. The van der Waals surface area contributed by atoms with E-state index in [-0.39, 0.29) is 16.8 Å². The van der Waals surface area contributed by atoms with Crippen molar-refractivity contribution in [2.45, 2.75) is 36.6 Å². The van der Waals surface area contributed by atoms with Gasteiger partial charge in [0.15, 0.2) is 6.04 Å². The highest BCUT2D eigenvalue weighted by atomic mass is 19.1. The largest absolute Gasteiger partial charge is 0.379 e. The van der Waals surface area contributed by atoms with Crippen LogP contribution in [-0.4, -0.2) is 110 Å². The summed E-state index contributed by atoms with van der Waals surface area (Å²) in [6.45, 7) is 2.38. The summed E-state index contributed by atoms with van der Waals surface area (Å²) in [4.78, 5) is 39.0. The van der Waals surface area contributed by atoms with Gasteiger partial charge in [-0.05, 0) is 36.4 Å². The van der Waals surface area contributed by atoms with E-state index in [0.29, 0.717) is 44.7 Å². The molecule has 2 aromatic carbocycles. The van der Waals surface area contributed by atoms with Gasteiger partial charge in [-0.25, -0.2) is 4.39 Å². The van der Waals surface area contributed by atoms with Crippen molar-refractivity contribution >= 4 is 23.8 Å². The predicted octanol–water partition coefficient (Wildman–Crippen LogP) is -2.50. The number of ether oxygens (including phenoxy) is 1. The van der Waals surface area contributed by atoms with Gasteiger partial charge in [-0.15, -0.1) is 0 Å². The number of imide groups is 1. The van der Waals surface area contributed by atoms with Crippen LogP contribution in [-0.2, 0) is 33.3 Å². The van der Waals surface area contributed by atoms with Crippen LogP contribution in [0.25, 0.3) is 0 Å². The van der Waals surface area contributed by atoms with Crippen molar-refractivity contribution in [2.24, 2.45) is 0 Å². The molecule has 2 aliphatic rings.